The van der Waals surface area contributed by atoms with Gasteiger partial charge in [-0.05, 0) is 43.0 Å². The molecule has 4 rings (SSSR count). The first-order valence-corrected chi connectivity index (χ1v) is 10.9. The second-order valence-corrected chi connectivity index (χ2v) is 9.13. The molecule has 2 atom stereocenters. The topological polar surface area (TPSA) is 71.4 Å². The summed E-state index contributed by atoms with van der Waals surface area (Å²) >= 11 is 0. The number of para-hydroxylation sites is 2. The third-order valence-electron chi connectivity index (χ3n) is 5.33. The maximum atomic E-state index is 13.0. The van der Waals surface area contributed by atoms with Crippen molar-refractivity contribution in [3.63, 3.8) is 0 Å². The van der Waals surface area contributed by atoms with Gasteiger partial charge in [-0.2, -0.15) is 0 Å². The number of carbonyl (C=O) groups is 1. The molecule has 1 aliphatic rings. The fourth-order valence-corrected chi connectivity index (χ4v) is 5.18. The number of likely N-dealkylation sites (tertiary alicyclic amines) is 1. The number of benzene rings is 2. The van der Waals surface area contributed by atoms with Gasteiger partial charge in [0.1, 0.15) is 6.04 Å². The van der Waals surface area contributed by atoms with Gasteiger partial charge in [-0.1, -0.05) is 36.4 Å². The van der Waals surface area contributed by atoms with Crippen LogP contribution in [0.5, 0.6) is 0 Å². The molecule has 0 unspecified atom stereocenters. The standard InChI is InChI=1S/C21H23N3O3S/c1-16(24-14-11-17-7-5-6-10-20(17)24)21(25)23-13-12-19(15-23)28(26,27)22-18-8-3-2-4-9-18/h2-11,14,16,19,22H,12-13,15H2,1H3/t16-,19-/m0/s1. The second kappa shape index (κ2) is 7.31. The molecule has 1 amide bonds. The second-order valence-electron chi connectivity index (χ2n) is 7.17. The lowest BCUT2D eigenvalue weighted by Gasteiger charge is -2.23. The van der Waals surface area contributed by atoms with Crippen LogP contribution in [-0.2, 0) is 14.8 Å². The van der Waals surface area contributed by atoms with Crippen molar-refractivity contribution < 1.29 is 13.2 Å². The van der Waals surface area contributed by atoms with Crippen LogP contribution in [0.2, 0.25) is 0 Å². The van der Waals surface area contributed by atoms with Crippen LogP contribution < -0.4 is 4.72 Å². The molecule has 1 aromatic heterocycles. The van der Waals surface area contributed by atoms with Gasteiger partial charge in [0.25, 0.3) is 0 Å². The van der Waals surface area contributed by atoms with Crippen molar-refractivity contribution in [3.05, 3.63) is 66.9 Å². The van der Waals surface area contributed by atoms with Gasteiger partial charge in [-0.3, -0.25) is 9.52 Å². The van der Waals surface area contributed by atoms with Crippen LogP contribution in [0.4, 0.5) is 5.69 Å². The van der Waals surface area contributed by atoms with Crippen molar-refractivity contribution in [1.29, 1.82) is 0 Å². The maximum absolute atomic E-state index is 13.0. The van der Waals surface area contributed by atoms with Crippen molar-refractivity contribution in [2.24, 2.45) is 0 Å². The molecule has 1 saturated heterocycles. The summed E-state index contributed by atoms with van der Waals surface area (Å²) in [6, 6.07) is 18.3. The van der Waals surface area contributed by atoms with Crippen LogP contribution in [0.1, 0.15) is 19.4 Å². The van der Waals surface area contributed by atoms with Crippen molar-refractivity contribution in [2.75, 3.05) is 17.8 Å². The molecular formula is C21H23N3O3S. The number of amides is 1. The van der Waals surface area contributed by atoms with Gasteiger partial charge in [-0.25, -0.2) is 8.42 Å². The Hall–Kier alpha value is -2.80. The number of nitrogens with one attached hydrogen (secondary N) is 1. The van der Waals surface area contributed by atoms with E-state index in [2.05, 4.69) is 4.72 Å². The molecule has 3 aromatic rings. The predicted octanol–water partition coefficient (Wildman–Crippen LogP) is 3.25. The van der Waals surface area contributed by atoms with E-state index in [9.17, 15) is 13.2 Å². The fourth-order valence-electron chi connectivity index (χ4n) is 3.76. The molecule has 2 heterocycles. The number of anilines is 1. The average Bonchev–Trinajstić information content (AvgIpc) is 3.35. The van der Waals surface area contributed by atoms with Crippen LogP contribution in [-0.4, -0.2) is 42.1 Å². The number of hydrogen-bond acceptors (Lipinski definition) is 3. The van der Waals surface area contributed by atoms with E-state index in [0.29, 0.717) is 18.7 Å². The van der Waals surface area contributed by atoms with E-state index in [-0.39, 0.29) is 18.5 Å². The van der Waals surface area contributed by atoms with Gasteiger partial charge in [0.05, 0.1) is 5.25 Å². The van der Waals surface area contributed by atoms with Crippen LogP contribution in [0.25, 0.3) is 10.9 Å². The summed E-state index contributed by atoms with van der Waals surface area (Å²) in [4.78, 5) is 14.7. The lowest BCUT2D eigenvalue weighted by atomic mass is 10.2. The molecule has 6 nitrogen and oxygen atoms in total. The highest BCUT2D eigenvalue weighted by Gasteiger charge is 2.36. The minimum absolute atomic E-state index is 0.0567. The lowest BCUT2D eigenvalue weighted by molar-refractivity contribution is -0.133. The number of aromatic nitrogens is 1. The molecule has 2 aromatic carbocycles. The number of sulfonamides is 1. The van der Waals surface area contributed by atoms with E-state index in [4.69, 9.17) is 0 Å². The van der Waals surface area contributed by atoms with Crippen molar-refractivity contribution in [1.82, 2.24) is 9.47 Å². The Morgan fingerprint density at radius 3 is 2.57 bits per heavy atom. The van der Waals surface area contributed by atoms with Crippen LogP contribution in [0.3, 0.4) is 0 Å². The van der Waals surface area contributed by atoms with Gasteiger partial charge in [0.15, 0.2) is 0 Å². The number of fused-ring (bicyclic) bond motifs is 1. The minimum atomic E-state index is -3.54. The first-order chi connectivity index (χ1) is 13.5. The smallest absolute Gasteiger partial charge is 0.245 e. The molecule has 7 heteroatoms. The van der Waals surface area contributed by atoms with E-state index < -0.39 is 15.3 Å². The molecule has 0 radical (unpaired) electrons. The SMILES string of the molecule is C[C@@H](C(=O)N1CC[C@H](S(=O)(=O)Nc2ccccc2)C1)n1ccc2ccccc21. The Kier molecular flexibility index (Phi) is 4.85. The average molecular weight is 398 g/mol. The molecule has 0 bridgehead atoms. The van der Waals surface area contributed by atoms with E-state index in [1.54, 1.807) is 29.2 Å². The summed E-state index contributed by atoms with van der Waals surface area (Å²) in [5.41, 5.74) is 1.54. The molecule has 0 aliphatic carbocycles. The summed E-state index contributed by atoms with van der Waals surface area (Å²) in [5, 5.41) is 0.473. The van der Waals surface area contributed by atoms with E-state index in [0.717, 1.165) is 10.9 Å². The van der Waals surface area contributed by atoms with Gasteiger partial charge in [0, 0.05) is 30.5 Å². The molecule has 1 aliphatic heterocycles. The molecule has 28 heavy (non-hydrogen) atoms. The highest BCUT2D eigenvalue weighted by Crippen LogP contribution is 2.25. The summed E-state index contributed by atoms with van der Waals surface area (Å²) in [6.45, 7) is 2.52. The van der Waals surface area contributed by atoms with Crippen molar-refractivity contribution >= 4 is 32.5 Å². The molecule has 1 N–H and O–H groups in total. The summed E-state index contributed by atoms with van der Waals surface area (Å²) in [5.74, 6) is -0.0567. The number of rotatable bonds is 5. The molecule has 0 saturated carbocycles. The highest BCUT2D eigenvalue weighted by atomic mass is 32.2. The van der Waals surface area contributed by atoms with Gasteiger partial charge >= 0.3 is 0 Å². The van der Waals surface area contributed by atoms with Crippen molar-refractivity contribution in [3.8, 4) is 0 Å². The molecular weight excluding hydrogens is 374 g/mol. The Balaban J connectivity index is 1.47. The van der Waals surface area contributed by atoms with Crippen molar-refractivity contribution in [2.45, 2.75) is 24.6 Å². The normalized spacial score (nSPS) is 18.3. The van der Waals surface area contributed by atoms with Crippen LogP contribution in [0.15, 0.2) is 66.9 Å². The maximum Gasteiger partial charge on any atom is 0.245 e. The summed E-state index contributed by atoms with van der Waals surface area (Å²) in [7, 11) is -3.54. The fraction of sp³-hybridized carbons (Fsp3) is 0.286. The number of nitrogens with zero attached hydrogens (tertiary/aromatic N) is 2. The monoisotopic (exact) mass is 397 g/mol. The largest absolute Gasteiger partial charge is 0.339 e. The Morgan fingerprint density at radius 1 is 1.07 bits per heavy atom. The van der Waals surface area contributed by atoms with Gasteiger partial charge in [-0.15, -0.1) is 0 Å². The predicted molar refractivity (Wildman–Crippen MR) is 111 cm³/mol. The molecule has 1 fully saturated rings. The van der Waals surface area contributed by atoms with E-state index in [1.807, 2.05) is 54.1 Å². The Bertz CT molecular complexity index is 1090. The van der Waals surface area contributed by atoms with Crippen LogP contribution in [0, 0.1) is 0 Å². The lowest BCUT2D eigenvalue weighted by Crippen LogP contribution is -2.37. The van der Waals surface area contributed by atoms with Gasteiger partial charge in [0.2, 0.25) is 15.9 Å². The summed E-state index contributed by atoms with van der Waals surface area (Å²) < 4.78 is 30.0. The molecule has 146 valence electrons. The summed E-state index contributed by atoms with van der Waals surface area (Å²) in [6.07, 6.45) is 2.35. The number of carbonyl (C=O) groups excluding carboxylic acids is 1. The van der Waals surface area contributed by atoms with Gasteiger partial charge < -0.3 is 9.47 Å². The van der Waals surface area contributed by atoms with Crippen LogP contribution >= 0.6 is 0 Å². The first-order valence-electron chi connectivity index (χ1n) is 9.37. The third kappa shape index (κ3) is 3.49. The van der Waals surface area contributed by atoms with E-state index in [1.165, 1.54) is 0 Å². The van der Waals surface area contributed by atoms with E-state index >= 15 is 0 Å². The Labute approximate surface area is 164 Å². The zero-order chi connectivity index (χ0) is 19.7. The quantitative estimate of drug-likeness (QED) is 0.718. The zero-order valence-corrected chi connectivity index (χ0v) is 16.5. The first kappa shape index (κ1) is 18.6. The Morgan fingerprint density at radius 2 is 1.79 bits per heavy atom. The third-order valence-corrected chi connectivity index (χ3v) is 7.12. The minimum Gasteiger partial charge on any atom is -0.339 e. The number of hydrogen-bond donors (Lipinski definition) is 1. The highest BCUT2D eigenvalue weighted by molar-refractivity contribution is 7.93. The zero-order valence-electron chi connectivity index (χ0n) is 15.7. The molecule has 0 spiro atoms.